The Bertz CT molecular complexity index is 976. The summed E-state index contributed by atoms with van der Waals surface area (Å²) < 4.78 is 0. The zero-order chi connectivity index (χ0) is 18.3. The van der Waals surface area contributed by atoms with Crippen molar-refractivity contribution in [2.24, 2.45) is 0 Å². The second-order valence-corrected chi connectivity index (χ2v) is 6.54. The lowest BCUT2D eigenvalue weighted by atomic mass is 10.1. The number of imidazole rings is 1. The summed E-state index contributed by atoms with van der Waals surface area (Å²) in [4.78, 5) is 20.6. The first-order valence-corrected chi connectivity index (χ1v) is 8.48. The van der Waals surface area contributed by atoms with E-state index in [1.54, 1.807) is 6.07 Å². The monoisotopic (exact) mass is 353 g/mol. The van der Waals surface area contributed by atoms with Gasteiger partial charge in [0.2, 0.25) is 0 Å². The molecule has 2 aromatic carbocycles. The van der Waals surface area contributed by atoms with E-state index in [0.717, 1.165) is 42.7 Å². The number of aromatic amines is 1. The van der Waals surface area contributed by atoms with Gasteiger partial charge in [-0.3, -0.25) is 10.1 Å². The third-order valence-corrected chi connectivity index (χ3v) is 4.80. The quantitative estimate of drug-likeness (QED) is 0.378. The molecule has 4 N–H and O–H groups in total. The molecule has 0 aliphatic carbocycles. The highest BCUT2D eigenvalue weighted by Gasteiger charge is 2.18. The van der Waals surface area contributed by atoms with Crippen molar-refractivity contribution in [3.05, 3.63) is 46.5 Å². The van der Waals surface area contributed by atoms with Gasteiger partial charge >= 0.3 is 0 Å². The molecule has 0 bridgehead atoms. The lowest BCUT2D eigenvalue weighted by Gasteiger charge is -2.31. The van der Waals surface area contributed by atoms with Crippen molar-refractivity contribution in [1.29, 1.82) is 0 Å². The smallest absolute Gasteiger partial charge is 0.292 e. The van der Waals surface area contributed by atoms with Crippen molar-refractivity contribution in [1.82, 2.24) is 9.97 Å². The molecular formula is C18H19N5O3. The van der Waals surface area contributed by atoms with Gasteiger partial charge < -0.3 is 20.7 Å². The number of piperidine rings is 1. The van der Waals surface area contributed by atoms with Gasteiger partial charge in [-0.25, -0.2) is 4.98 Å². The SMILES string of the molecule is Nc1ccc(-c2nc3ccc(N4CCC(O)CC4)cc3[nH]2)cc1[N+](=O)[O-]. The Morgan fingerprint density at radius 2 is 2.00 bits per heavy atom. The molecule has 1 fully saturated rings. The van der Waals surface area contributed by atoms with Crippen LogP contribution in [0.2, 0.25) is 0 Å². The third-order valence-electron chi connectivity index (χ3n) is 4.80. The zero-order valence-electron chi connectivity index (χ0n) is 14.1. The number of aliphatic hydroxyl groups is 1. The summed E-state index contributed by atoms with van der Waals surface area (Å²) in [6, 6.07) is 10.6. The van der Waals surface area contributed by atoms with Crippen LogP contribution in [0.5, 0.6) is 0 Å². The summed E-state index contributed by atoms with van der Waals surface area (Å²) in [6.07, 6.45) is 1.32. The number of hydrogen-bond acceptors (Lipinski definition) is 6. The van der Waals surface area contributed by atoms with Crippen LogP contribution in [-0.4, -0.2) is 39.2 Å². The van der Waals surface area contributed by atoms with Crippen molar-refractivity contribution >= 4 is 28.1 Å². The number of anilines is 2. The van der Waals surface area contributed by atoms with Crippen LogP contribution in [0.1, 0.15) is 12.8 Å². The maximum Gasteiger partial charge on any atom is 0.292 e. The number of nitro groups is 1. The lowest BCUT2D eigenvalue weighted by Crippen LogP contribution is -2.35. The van der Waals surface area contributed by atoms with Crippen molar-refractivity contribution in [3.63, 3.8) is 0 Å². The van der Waals surface area contributed by atoms with Gasteiger partial charge in [-0.15, -0.1) is 0 Å². The highest BCUT2D eigenvalue weighted by molar-refractivity contribution is 5.83. The molecule has 0 radical (unpaired) electrons. The molecule has 0 saturated carbocycles. The minimum atomic E-state index is -0.496. The van der Waals surface area contributed by atoms with E-state index in [9.17, 15) is 15.2 Å². The Labute approximate surface area is 149 Å². The van der Waals surface area contributed by atoms with Crippen LogP contribution in [0.15, 0.2) is 36.4 Å². The predicted molar refractivity (Wildman–Crippen MR) is 100 cm³/mol. The molecule has 134 valence electrons. The molecule has 8 heteroatoms. The molecule has 0 spiro atoms. The number of aromatic nitrogens is 2. The van der Waals surface area contributed by atoms with E-state index >= 15 is 0 Å². The first-order valence-electron chi connectivity index (χ1n) is 8.48. The van der Waals surface area contributed by atoms with Gasteiger partial charge in [0, 0.05) is 30.4 Å². The molecule has 1 saturated heterocycles. The molecule has 1 aromatic heterocycles. The number of nitrogens with zero attached hydrogens (tertiary/aromatic N) is 3. The van der Waals surface area contributed by atoms with Crippen LogP contribution in [-0.2, 0) is 0 Å². The number of benzene rings is 2. The summed E-state index contributed by atoms with van der Waals surface area (Å²) in [5, 5.41) is 20.7. The van der Waals surface area contributed by atoms with E-state index in [0.29, 0.717) is 11.4 Å². The average molecular weight is 353 g/mol. The molecule has 8 nitrogen and oxygen atoms in total. The maximum absolute atomic E-state index is 11.1. The maximum atomic E-state index is 11.1. The van der Waals surface area contributed by atoms with E-state index in [1.165, 1.54) is 12.1 Å². The van der Waals surface area contributed by atoms with E-state index in [4.69, 9.17) is 5.73 Å². The zero-order valence-corrected chi connectivity index (χ0v) is 14.1. The van der Waals surface area contributed by atoms with Gasteiger partial charge in [-0.05, 0) is 43.2 Å². The molecule has 26 heavy (non-hydrogen) atoms. The second kappa shape index (κ2) is 6.30. The molecular weight excluding hydrogens is 334 g/mol. The topological polar surface area (TPSA) is 121 Å². The average Bonchev–Trinajstić information content (AvgIpc) is 3.05. The third kappa shape index (κ3) is 2.95. The number of rotatable bonds is 3. The number of nitro benzene ring substituents is 1. The van der Waals surface area contributed by atoms with Gasteiger partial charge in [0.15, 0.2) is 0 Å². The fourth-order valence-electron chi connectivity index (χ4n) is 3.30. The second-order valence-electron chi connectivity index (χ2n) is 6.54. The Hall–Kier alpha value is -3.13. The molecule has 1 aliphatic heterocycles. The first-order chi connectivity index (χ1) is 12.5. The van der Waals surface area contributed by atoms with Gasteiger partial charge in [0.25, 0.3) is 5.69 Å². The molecule has 0 atom stereocenters. The van der Waals surface area contributed by atoms with E-state index in [2.05, 4.69) is 14.9 Å². The number of H-pyrrole nitrogens is 1. The first kappa shape index (κ1) is 16.3. The predicted octanol–water partition coefficient (Wildman–Crippen LogP) is 2.68. The highest BCUT2D eigenvalue weighted by Crippen LogP contribution is 2.30. The fraction of sp³-hybridized carbons (Fsp3) is 0.278. The summed E-state index contributed by atoms with van der Waals surface area (Å²) in [7, 11) is 0. The standard InChI is InChI=1S/C18H19N5O3/c19-14-3-1-11(9-17(14)23(25)26)18-20-15-4-2-12(10-16(15)21-18)22-7-5-13(24)6-8-22/h1-4,9-10,13,24H,5-8,19H2,(H,20,21). The van der Waals surface area contributed by atoms with Gasteiger partial charge in [0.05, 0.1) is 22.1 Å². The van der Waals surface area contributed by atoms with Gasteiger partial charge in [0.1, 0.15) is 11.5 Å². The van der Waals surface area contributed by atoms with Gasteiger partial charge in [-0.1, -0.05) is 0 Å². The summed E-state index contributed by atoms with van der Waals surface area (Å²) in [5.41, 5.74) is 9.00. The number of hydrogen-bond donors (Lipinski definition) is 3. The summed E-state index contributed by atoms with van der Waals surface area (Å²) in [6.45, 7) is 1.63. The van der Waals surface area contributed by atoms with Crippen molar-refractivity contribution in [2.75, 3.05) is 23.7 Å². The Kier molecular flexibility index (Phi) is 3.96. The van der Waals surface area contributed by atoms with Crippen molar-refractivity contribution in [2.45, 2.75) is 18.9 Å². The Morgan fingerprint density at radius 3 is 2.73 bits per heavy atom. The molecule has 2 heterocycles. The molecule has 0 unspecified atom stereocenters. The molecule has 0 amide bonds. The molecule has 4 rings (SSSR count). The number of aliphatic hydroxyl groups excluding tert-OH is 1. The van der Waals surface area contributed by atoms with Gasteiger partial charge in [-0.2, -0.15) is 0 Å². The normalized spacial score (nSPS) is 15.5. The summed E-state index contributed by atoms with van der Waals surface area (Å²) in [5.74, 6) is 0.564. The minimum absolute atomic E-state index is 0.129. The molecule has 3 aromatic rings. The minimum Gasteiger partial charge on any atom is -0.393 e. The van der Waals surface area contributed by atoms with Crippen LogP contribution < -0.4 is 10.6 Å². The number of nitrogens with one attached hydrogen (secondary N) is 1. The van der Waals surface area contributed by atoms with Crippen LogP contribution in [0.4, 0.5) is 17.1 Å². The van der Waals surface area contributed by atoms with Crippen molar-refractivity contribution in [3.8, 4) is 11.4 Å². The number of nitrogen functional groups attached to an aromatic ring is 1. The number of fused-ring (bicyclic) bond motifs is 1. The Morgan fingerprint density at radius 1 is 1.23 bits per heavy atom. The van der Waals surface area contributed by atoms with Crippen molar-refractivity contribution < 1.29 is 10.0 Å². The summed E-state index contributed by atoms with van der Waals surface area (Å²) >= 11 is 0. The van der Waals surface area contributed by atoms with Crippen LogP contribution in [0.3, 0.4) is 0 Å². The van der Waals surface area contributed by atoms with Crippen LogP contribution in [0, 0.1) is 10.1 Å². The van der Waals surface area contributed by atoms with Crippen LogP contribution >= 0.6 is 0 Å². The fourth-order valence-corrected chi connectivity index (χ4v) is 3.30. The number of nitrogens with two attached hydrogens (primary N) is 1. The van der Waals surface area contributed by atoms with Crippen LogP contribution in [0.25, 0.3) is 22.4 Å². The van der Waals surface area contributed by atoms with E-state index in [-0.39, 0.29) is 17.5 Å². The largest absolute Gasteiger partial charge is 0.393 e. The molecule has 1 aliphatic rings. The lowest BCUT2D eigenvalue weighted by molar-refractivity contribution is -0.383. The Balaban J connectivity index is 1.68. The highest BCUT2D eigenvalue weighted by atomic mass is 16.6. The van der Waals surface area contributed by atoms with E-state index < -0.39 is 4.92 Å². The van der Waals surface area contributed by atoms with E-state index in [1.807, 2.05) is 18.2 Å².